The number of methoxy groups -OCH3 is 2. The van der Waals surface area contributed by atoms with Crippen LogP contribution in [-0.2, 0) is 22.7 Å². The molecule has 2 heterocycles. The first-order valence-electron chi connectivity index (χ1n) is 8.55. The minimum Gasteiger partial charge on any atom is -0.496 e. The average Bonchev–Trinajstić information content (AvgIpc) is 3.14. The average molecular weight is 361 g/mol. The van der Waals surface area contributed by atoms with Crippen LogP contribution in [-0.4, -0.2) is 54.4 Å². The standard InChI is InChI=1S/C18H23N3O5/c1-23-12-17-19-16(20-26-17)11-25-13-6-5-9-21(10-13)18(22)14-7-3-4-8-15(14)24-2/h3-4,7-8,13H,5-6,9-12H2,1-2H3. The van der Waals surface area contributed by atoms with Crippen LogP contribution < -0.4 is 4.74 Å². The molecule has 0 radical (unpaired) electrons. The van der Waals surface area contributed by atoms with Gasteiger partial charge in [0.2, 0.25) is 0 Å². The summed E-state index contributed by atoms with van der Waals surface area (Å²) < 4.78 is 21.2. The molecular weight excluding hydrogens is 338 g/mol. The number of piperidine rings is 1. The number of carbonyl (C=O) groups excluding carboxylic acids is 1. The molecule has 0 bridgehead atoms. The zero-order valence-electron chi connectivity index (χ0n) is 15.0. The summed E-state index contributed by atoms with van der Waals surface area (Å²) >= 11 is 0. The van der Waals surface area contributed by atoms with Gasteiger partial charge in [-0.15, -0.1) is 0 Å². The number of benzene rings is 1. The quantitative estimate of drug-likeness (QED) is 0.746. The molecule has 8 nitrogen and oxygen atoms in total. The number of amides is 1. The summed E-state index contributed by atoms with van der Waals surface area (Å²) in [6, 6.07) is 7.25. The Balaban J connectivity index is 1.57. The van der Waals surface area contributed by atoms with Crippen molar-refractivity contribution in [3.05, 3.63) is 41.5 Å². The molecule has 1 aliphatic heterocycles. The van der Waals surface area contributed by atoms with E-state index < -0.39 is 0 Å². The van der Waals surface area contributed by atoms with Gasteiger partial charge in [0.15, 0.2) is 5.82 Å². The summed E-state index contributed by atoms with van der Waals surface area (Å²) in [4.78, 5) is 18.8. The number of para-hydroxylation sites is 1. The molecule has 1 fully saturated rings. The van der Waals surface area contributed by atoms with E-state index in [0.29, 0.717) is 36.1 Å². The number of hydrogen-bond acceptors (Lipinski definition) is 7. The van der Waals surface area contributed by atoms with Gasteiger partial charge in [-0.25, -0.2) is 0 Å². The summed E-state index contributed by atoms with van der Waals surface area (Å²) in [5.41, 5.74) is 0.568. The van der Waals surface area contributed by atoms with Gasteiger partial charge in [0.25, 0.3) is 11.8 Å². The van der Waals surface area contributed by atoms with Crippen molar-refractivity contribution in [2.75, 3.05) is 27.3 Å². The van der Waals surface area contributed by atoms with Crippen molar-refractivity contribution in [3.63, 3.8) is 0 Å². The summed E-state index contributed by atoms with van der Waals surface area (Å²) in [6.45, 7) is 1.75. The number of likely N-dealkylation sites (tertiary alicyclic amines) is 1. The van der Waals surface area contributed by atoms with Crippen LogP contribution in [0.5, 0.6) is 5.75 Å². The maximum Gasteiger partial charge on any atom is 0.257 e. The molecule has 0 N–H and O–H groups in total. The number of rotatable bonds is 7. The summed E-state index contributed by atoms with van der Waals surface area (Å²) in [5, 5.41) is 3.86. The Morgan fingerprint density at radius 3 is 2.96 bits per heavy atom. The Bertz CT molecular complexity index is 733. The monoisotopic (exact) mass is 361 g/mol. The molecule has 140 valence electrons. The lowest BCUT2D eigenvalue weighted by Gasteiger charge is -2.32. The van der Waals surface area contributed by atoms with Crippen molar-refractivity contribution in [2.24, 2.45) is 0 Å². The Morgan fingerprint density at radius 1 is 1.31 bits per heavy atom. The lowest BCUT2D eigenvalue weighted by molar-refractivity contribution is -0.00968. The molecule has 3 rings (SSSR count). The van der Waals surface area contributed by atoms with Gasteiger partial charge in [0, 0.05) is 20.2 Å². The molecule has 26 heavy (non-hydrogen) atoms. The third-order valence-corrected chi connectivity index (χ3v) is 4.23. The number of carbonyl (C=O) groups is 1. The van der Waals surface area contributed by atoms with Crippen LogP contribution in [0.3, 0.4) is 0 Å². The third kappa shape index (κ3) is 4.39. The molecule has 1 aliphatic rings. The minimum atomic E-state index is -0.0632. The molecule has 0 saturated carbocycles. The Morgan fingerprint density at radius 2 is 2.15 bits per heavy atom. The fraction of sp³-hybridized carbons (Fsp3) is 0.500. The topological polar surface area (TPSA) is 86.9 Å². The van der Waals surface area contributed by atoms with E-state index in [1.54, 1.807) is 31.3 Å². The van der Waals surface area contributed by atoms with E-state index in [9.17, 15) is 4.79 Å². The van der Waals surface area contributed by atoms with Crippen molar-refractivity contribution in [2.45, 2.75) is 32.2 Å². The zero-order chi connectivity index (χ0) is 18.4. The van der Waals surface area contributed by atoms with E-state index in [1.807, 2.05) is 12.1 Å². The van der Waals surface area contributed by atoms with E-state index >= 15 is 0 Å². The Labute approximate surface area is 152 Å². The second kappa shape index (κ2) is 8.77. The highest BCUT2D eigenvalue weighted by Gasteiger charge is 2.26. The van der Waals surface area contributed by atoms with Gasteiger partial charge < -0.3 is 23.6 Å². The van der Waals surface area contributed by atoms with Gasteiger partial charge in [-0.3, -0.25) is 4.79 Å². The molecule has 0 spiro atoms. The molecule has 1 unspecified atom stereocenters. The SMILES string of the molecule is COCc1nc(COC2CCCN(C(=O)c3ccccc3OC)C2)no1. The van der Waals surface area contributed by atoms with Gasteiger partial charge in [0.1, 0.15) is 19.0 Å². The van der Waals surface area contributed by atoms with Gasteiger partial charge in [-0.1, -0.05) is 17.3 Å². The molecule has 1 saturated heterocycles. The van der Waals surface area contributed by atoms with Crippen molar-refractivity contribution in [1.82, 2.24) is 15.0 Å². The largest absolute Gasteiger partial charge is 0.496 e. The maximum atomic E-state index is 12.8. The highest BCUT2D eigenvalue weighted by Crippen LogP contribution is 2.22. The minimum absolute atomic E-state index is 0.0438. The van der Waals surface area contributed by atoms with Crippen LogP contribution in [0.4, 0.5) is 0 Å². The second-order valence-corrected chi connectivity index (χ2v) is 6.06. The molecule has 8 heteroatoms. The highest BCUT2D eigenvalue weighted by atomic mass is 16.5. The third-order valence-electron chi connectivity index (χ3n) is 4.23. The second-order valence-electron chi connectivity index (χ2n) is 6.06. The number of hydrogen-bond donors (Lipinski definition) is 0. The van der Waals surface area contributed by atoms with Crippen LogP contribution in [0.1, 0.15) is 34.9 Å². The van der Waals surface area contributed by atoms with Gasteiger partial charge in [-0.05, 0) is 25.0 Å². The number of aromatic nitrogens is 2. The van der Waals surface area contributed by atoms with Crippen LogP contribution in [0.15, 0.2) is 28.8 Å². The fourth-order valence-corrected chi connectivity index (χ4v) is 2.97. The molecule has 1 atom stereocenters. The van der Waals surface area contributed by atoms with E-state index in [4.69, 9.17) is 18.7 Å². The Kier molecular flexibility index (Phi) is 6.19. The normalized spacial score (nSPS) is 17.3. The van der Waals surface area contributed by atoms with Gasteiger partial charge in [0.05, 0.1) is 18.8 Å². The van der Waals surface area contributed by atoms with E-state index in [0.717, 1.165) is 12.8 Å². The summed E-state index contributed by atoms with van der Waals surface area (Å²) in [6.07, 6.45) is 1.71. The molecule has 0 aliphatic carbocycles. The van der Waals surface area contributed by atoms with Crippen LogP contribution in [0.25, 0.3) is 0 Å². The van der Waals surface area contributed by atoms with Crippen LogP contribution >= 0.6 is 0 Å². The predicted octanol–water partition coefficient (Wildman–Crippen LogP) is 2.05. The first-order chi connectivity index (χ1) is 12.7. The Hall–Kier alpha value is -2.45. The zero-order valence-corrected chi connectivity index (χ0v) is 15.0. The molecule has 1 aromatic carbocycles. The van der Waals surface area contributed by atoms with E-state index in [-0.39, 0.29) is 25.2 Å². The first kappa shape index (κ1) is 18.3. The smallest absolute Gasteiger partial charge is 0.257 e. The molecule has 2 aromatic rings. The van der Waals surface area contributed by atoms with E-state index in [1.165, 1.54) is 0 Å². The lowest BCUT2D eigenvalue weighted by atomic mass is 10.1. The predicted molar refractivity (Wildman–Crippen MR) is 91.7 cm³/mol. The fourth-order valence-electron chi connectivity index (χ4n) is 2.97. The highest BCUT2D eigenvalue weighted by molar-refractivity contribution is 5.97. The number of nitrogens with zero attached hydrogens (tertiary/aromatic N) is 3. The van der Waals surface area contributed by atoms with Crippen molar-refractivity contribution >= 4 is 5.91 Å². The van der Waals surface area contributed by atoms with E-state index in [2.05, 4.69) is 10.1 Å². The summed E-state index contributed by atoms with van der Waals surface area (Å²) in [5.74, 6) is 1.43. The number of ether oxygens (including phenoxy) is 3. The van der Waals surface area contributed by atoms with Gasteiger partial charge in [-0.2, -0.15) is 4.98 Å². The van der Waals surface area contributed by atoms with Crippen molar-refractivity contribution in [1.29, 1.82) is 0 Å². The molecule has 1 aromatic heterocycles. The first-order valence-corrected chi connectivity index (χ1v) is 8.55. The van der Waals surface area contributed by atoms with Crippen molar-refractivity contribution < 1.29 is 23.5 Å². The van der Waals surface area contributed by atoms with Crippen LogP contribution in [0, 0.1) is 0 Å². The molecular formula is C18H23N3O5. The summed E-state index contributed by atoms with van der Waals surface area (Å²) in [7, 11) is 3.13. The lowest BCUT2D eigenvalue weighted by Crippen LogP contribution is -2.43. The van der Waals surface area contributed by atoms with Crippen molar-refractivity contribution in [3.8, 4) is 5.75 Å². The molecule has 1 amide bonds. The van der Waals surface area contributed by atoms with Gasteiger partial charge >= 0.3 is 0 Å². The maximum absolute atomic E-state index is 12.8. The van der Waals surface area contributed by atoms with Crippen LogP contribution in [0.2, 0.25) is 0 Å².